The van der Waals surface area contributed by atoms with Gasteiger partial charge in [0.05, 0.1) is 6.54 Å². The Kier molecular flexibility index (Phi) is 1.96. The minimum atomic E-state index is 0.0960. The molecular formula is C9H9NOS. The van der Waals surface area contributed by atoms with Crippen LogP contribution in [0.4, 0.5) is 0 Å². The lowest BCUT2D eigenvalue weighted by molar-refractivity contribution is 0.241. The minimum absolute atomic E-state index is 0.0960. The maximum atomic E-state index is 5.37. The number of nitrogens with one attached hydrogen (secondary N) is 1. The van der Waals surface area contributed by atoms with E-state index in [4.69, 9.17) is 17.0 Å². The standard InChI is InChI=1S/C9H9NOS/c12-9-10-6-8(11-9)7-4-2-1-3-5-7/h1-5,8H,6H2,(H,10,12)/t8-/m0/s1. The summed E-state index contributed by atoms with van der Waals surface area (Å²) < 4.78 is 5.37. The molecule has 1 heterocycles. The molecule has 1 atom stereocenters. The molecule has 3 heteroatoms. The third-order valence-corrected chi connectivity index (χ3v) is 2.09. The van der Waals surface area contributed by atoms with Gasteiger partial charge in [-0.25, -0.2) is 0 Å². The fraction of sp³-hybridized carbons (Fsp3) is 0.222. The van der Waals surface area contributed by atoms with Crippen LogP contribution in [0.25, 0.3) is 0 Å². The lowest BCUT2D eigenvalue weighted by Crippen LogP contribution is -2.12. The van der Waals surface area contributed by atoms with Gasteiger partial charge in [-0.05, 0) is 17.8 Å². The molecule has 1 aromatic rings. The van der Waals surface area contributed by atoms with Gasteiger partial charge in [0.2, 0.25) is 0 Å². The van der Waals surface area contributed by atoms with Crippen molar-refractivity contribution in [2.24, 2.45) is 0 Å². The molecule has 62 valence electrons. The molecule has 0 saturated carbocycles. The van der Waals surface area contributed by atoms with Crippen molar-refractivity contribution in [1.82, 2.24) is 5.32 Å². The van der Waals surface area contributed by atoms with E-state index in [1.807, 2.05) is 30.3 Å². The Hall–Kier alpha value is -1.09. The van der Waals surface area contributed by atoms with E-state index in [-0.39, 0.29) is 6.10 Å². The molecule has 1 fully saturated rings. The second-order valence-corrected chi connectivity index (χ2v) is 3.06. The highest BCUT2D eigenvalue weighted by atomic mass is 32.1. The predicted octanol–water partition coefficient (Wildman–Crippen LogP) is 1.63. The van der Waals surface area contributed by atoms with Crippen molar-refractivity contribution in [2.45, 2.75) is 6.10 Å². The largest absolute Gasteiger partial charge is 0.461 e. The summed E-state index contributed by atoms with van der Waals surface area (Å²) in [6, 6.07) is 10.1. The highest BCUT2D eigenvalue weighted by Gasteiger charge is 2.20. The second-order valence-electron chi connectivity index (χ2n) is 2.69. The van der Waals surface area contributed by atoms with Gasteiger partial charge in [-0.15, -0.1) is 0 Å². The highest BCUT2D eigenvalue weighted by molar-refractivity contribution is 7.80. The van der Waals surface area contributed by atoms with Gasteiger partial charge in [0, 0.05) is 0 Å². The van der Waals surface area contributed by atoms with Crippen LogP contribution >= 0.6 is 12.2 Å². The average Bonchev–Trinajstić information content (AvgIpc) is 2.54. The van der Waals surface area contributed by atoms with Crippen molar-refractivity contribution in [3.63, 3.8) is 0 Å². The third-order valence-electron chi connectivity index (χ3n) is 1.85. The van der Waals surface area contributed by atoms with E-state index < -0.39 is 0 Å². The Balaban J connectivity index is 2.16. The molecule has 0 radical (unpaired) electrons. The van der Waals surface area contributed by atoms with Gasteiger partial charge >= 0.3 is 0 Å². The summed E-state index contributed by atoms with van der Waals surface area (Å²) >= 11 is 4.86. The number of hydrogen-bond donors (Lipinski definition) is 1. The Labute approximate surface area is 76.5 Å². The topological polar surface area (TPSA) is 21.3 Å². The van der Waals surface area contributed by atoms with E-state index in [0.717, 1.165) is 6.54 Å². The molecular weight excluding hydrogens is 170 g/mol. The molecule has 1 aliphatic rings. The zero-order valence-corrected chi connectivity index (χ0v) is 7.30. The lowest BCUT2D eigenvalue weighted by atomic mass is 10.1. The first-order valence-corrected chi connectivity index (χ1v) is 4.26. The molecule has 0 aromatic heterocycles. The van der Waals surface area contributed by atoms with Gasteiger partial charge in [0.25, 0.3) is 5.17 Å². The van der Waals surface area contributed by atoms with Crippen LogP contribution in [0.1, 0.15) is 11.7 Å². The Morgan fingerprint density at radius 2 is 2.08 bits per heavy atom. The summed E-state index contributed by atoms with van der Waals surface area (Å²) in [6.07, 6.45) is 0.0960. The Morgan fingerprint density at radius 3 is 2.67 bits per heavy atom. The molecule has 2 nitrogen and oxygen atoms in total. The Bertz CT molecular complexity index is 286. The number of rotatable bonds is 1. The summed E-state index contributed by atoms with van der Waals surface area (Å²) in [5, 5.41) is 3.48. The van der Waals surface area contributed by atoms with Crippen LogP contribution < -0.4 is 5.32 Å². The SMILES string of the molecule is S=C1NC[C@@H](c2ccccc2)O1. The highest BCUT2D eigenvalue weighted by Crippen LogP contribution is 2.19. The van der Waals surface area contributed by atoms with Crippen LogP contribution in [0.3, 0.4) is 0 Å². The fourth-order valence-corrected chi connectivity index (χ4v) is 1.44. The van der Waals surface area contributed by atoms with Crippen molar-refractivity contribution < 1.29 is 4.74 Å². The summed E-state index contributed by atoms with van der Waals surface area (Å²) in [7, 11) is 0. The lowest BCUT2D eigenvalue weighted by Gasteiger charge is -2.07. The molecule has 2 rings (SSSR count). The first-order chi connectivity index (χ1) is 5.86. The number of hydrogen-bond acceptors (Lipinski definition) is 2. The zero-order chi connectivity index (χ0) is 8.39. The number of benzene rings is 1. The second kappa shape index (κ2) is 3.11. The van der Waals surface area contributed by atoms with Crippen LogP contribution in [0, 0.1) is 0 Å². The van der Waals surface area contributed by atoms with Crippen LogP contribution in [0.15, 0.2) is 30.3 Å². The van der Waals surface area contributed by atoms with E-state index >= 15 is 0 Å². The summed E-state index contributed by atoms with van der Waals surface area (Å²) in [5.74, 6) is 0. The molecule has 0 aliphatic carbocycles. The molecule has 0 unspecified atom stereocenters. The smallest absolute Gasteiger partial charge is 0.257 e. The number of thiocarbonyl (C=S) groups is 1. The molecule has 0 bridgehead atoms. The van der Waals surface area contributed by atoms with Crippen molar-refractivity contribution >= 4 is 17.4 Å². The molecule has 1 aromatic carbocycles. The van der Waals surface area contributed by atoms with Crippen molar-refractivity contribution in [2.75, 3.05) is 6.54 Å². The van der Waals surface area contributed by atoms with Crippen molar-refractivity contribution in [3.05, 3.63) is 35.9 Å². The molecule has 12 heavy (non-hydrogen) atoms. The normalized spacial score (nSPS) is 21.7. The van der Waals surface area contributed by atoms with E-state index in [2.05, 4.69) is 5.32 Å². The van der Waals surface area contributed by atoms with E-state index in [9.17, 15) is 0 Å². The Morgan fingerprint density at radius 1 is 1.33 bits per heavy atom. The first-order valence-electron chi connectivity index (χ1n) is 3.86. The number of ether oxygens (including phenoxy) is 1. The molecule has 1 saturated heterocycles. The molecule has 1 aliphatic heterocycles. The maximum absolute atomic E-state index is 5.37. The van der Waals surface area contributed by atoms with Gasteiger partial charge in [0.1, 0.15) is 6.10 Å². The van der Waals surface area contributed by atoms with Gasteiger partial charge in [-0.3, -0.25) is 0 Å². The van der Waals surface area contributed by atoms with Crippen molar-refractivity contribution in [3.8, 4) is 0 Å². The van der Waals surface area contributed by atoms with Gasteiger partial charge in [-0.1, -0.05) is 30.3 Å². The quantitative estimate of drug-likeness (QED) is 0.662. The molecule has 0 spiro atoms. The fourth-order valence-electron chi connectivity index (χ4n) is 1.24. The van der Waals surface area contributed by atoms with Gasteiger partial charge < -0.3 is 10.1 Å². The minimum Gasteiger partial charge on any atom is -0.461 e. The van der Waals surface area contributed by atoms with Crippen LogP contribution in [0.5, 0.6) is 0 Å². The summed E-state index contributed by atoms with van der Waals surface area (Å²) in [4.78, 5) is 0. The van der Waals surface area contributed by atoms with E-state index in [1.54, 1.807) is 0 Å². The summed E-state index contributed by atoms with van der Waals surface area (Å²) in [5.41, 5.74) is 1.17. The van der Waals surface area contributed by atoms with Crippen LogP contribution in [-0.2, 0) is 4.74 Å². The third kappa shape index (κ3) is 1.41. The zero-order valence-electron chi connectivity index (χ0n) is 6.49. The van der Waals surface area contributed by atoms with E-state index in [0.29, 0.717) is 5.17 Å². The van der Waals surface area contributed by atoms with E-state index in [1.165, 1.54) is 5.56 Å². The van der Waals surface area contributed by atoms with Crippen molar-refractivity contribution in [1.29, 1.82) is 0 Å². The van der Waals surface area contributed by atoms with Gasteiger partial charge in [0.15, 0.2) is 0 Å². The average molecular weight is 179 g/mol. The van der Waals surface area contributed by atoms with Crippen LogP contribution in [-0.4, -0.2) is 11.7 Å². The maximum Gasteiger partial charge on any atom is 0.257 e. The predicted molar refractivity (Wildman–Crippen MR) is 50.9 cm³/mol. The van der Waals surface area contributed by atoms with Gasteiger partial charge in [-0.2, -0.15) is 0 Å². The molecule has 0 amide bonds. The monoisotopic (exact) mass is 179 g/mol. The summed E-state index contributed by atoms with van der Waals surface area (Å²) in [6.45, 7) is 0.781. The molecule has 1 N–H and O–H groups in total. The first kappa shape index (κ1) is 7.55. The van der Waals surface area contributed by atoms with Crippen LogP contribution in [0.2, 0.25) is 0 Å².